The molecule has 0 amide bonds. The lowest BCUT2D eigenvalue weighted by atomic mass is 10.2. The van der Waals surface area contributed by atoms with Crippen LogP contribution in [0.2, 0.25) is 0 Å². The van der Waals surface area contributed by atoms with E-state index in [-0.39, 0.29) is 17.7 Å². The van der Waals surface area contributed by atoms with Gasteiger partial charge in [0.1, 0.15) is 6.04 Å². The summed E-state index contributed by atoms with van der Waals surface area (Å²) in [7, 11) is -3.85. The van der Waals surface area contributed by atoms with E-state index in [9.17, 15) is 13.2 Å². The Morgan fingerprint density at radius 2 is 2.00 bits per heavy atom. The molecule has 0 unspecified atom stereocenters. The van der Waals surface area contributed by atoms with Crippen molar-refractivity contribution in [3.8, 4) is 12.3 Å². The van der Waals surface area contributed by atoms with Gasteiger partial charge in [-0.3, -0.25) is 4.79 Å². The highest BCUT2D eigenvalue weighted by Gasteiger charge is 2.24. The van der Waals surface area contributed by atoms with E-state index in [1.54, 1.807) is 12.1 Å². The summed E-state index contributed by atoms with van der Waals surface area (Å²) >= 11 is 0. The van der Waals surface area contributed by atoms with Crippen LogP contribution in [0.15, 0.2) is 29.2 Å². The van der Waals surface area contributed by atoms with Crippen molar-refractivity contribution in [2.45, 2.75) is 30.7 Å². The third kappa shape index (κ3) is 4.39. The van der Waals surface area contributed by atoms with E-state index in [0.29, 0.717) is 0 Å². The number of carboxylic acids is 1. The Balaban J connectivity index is 2.91. The average molecular weight is 281 g/mol. The fourth-order valence-corrected chi connectivity index (χ4v) is 2.66. The van der Waals surface area contributed by atoms with Crippen LogP contribution >= 0.6 is 0 Å². The minimum atomic E-state index is -3.85. The number of hydrogen-bond acceptors (Lipinski definition) is 3. The van der Waals surface area contributed by atoms with Gasteiger partial charge in [0.25, 0.3) is 0 Å². The van der Waals surface area contributed by atoms with Crippen LogP contribution < -0.4 is 4.72 Å². The number of rotatable bonds is 6. The molecule has 0 heterocycles. The number of aryl methyl sites for hydroxylation is 1. The van der Waals surface area contributed by atoms with Gasteiger partial charge in [-0.15, -0.1) is 12.3 Å². The standard InChI is InChI=1S/C13H15NO4S/c1-3-4-5-12(13(15)16)14-19(17,18)11-8-6-10(2)7-9-11/h1,6-9,12,14H,4-5H2,2H3,(H,15,16)/t12-/m0/s1. The zero-order chi connectivity index (χ0) is 14.5. The van der Waals surface area contributed by atoms with Crippen LogP contribution in [0.25, 0.3) is 0 Å². The normalized spacial score (nSPS) is 12.6. The summed E-state index contributed by atoms with van der Waals surface area (Å²) in [5, 5.41) is 8.96. The summed E-state index contributed by atoms with van der Waals surface area (Å²) in [5.74, 6) is 1.04. The number of aliphatic carboxylic acids is 1. The van der Waals surface area contributed by atoms with E-state index < -0.39 is 22.0 Å². The predicted octanol–water partition coefficient (Wildman–Crippen LogP) is 1.14. The number of carboxylic acid groups (broad SMARTS) is 1. The maximum atomic E-state index is 12.0. The molecular weight excluding hydrogens is 266 g/mol. The zero-order valence-electron chi connectivity index (χ0n) is 10.5. The minimum Gasteiger partial charge on any atom is -0.480 e. The van der Waals surface area contributed by atoms with Crippen LogP contribution in [0.1, 0.15) is 18.4 Å². The molecule has 0 aliphatic carbocycles. The second-order valence-electron chi connectivity index (χ2n) is 4.07. The van der Waals surface area contributed by atoms with Crippen molar-refractivity contribution in [2.75, 3.05) is 0 Å². The molecule has 0 bridgehead atoms. The monoisotopic (exact) mass is 281 g/mol. The van der Waals surface area contributed by atoms with E-state index in [1.807, 2.05) is 6.92 Å². The SMILES string of the molecule is C#CCC[C@H](NS(=O)(=O)c1ccc(C)cc1)C(=O)O. The summed E-state index contributed by atoms with van der Waals surface area (Å²) in [5.41, 5.74) is 0.918. The fraction of sp³-hybridized carbons (Fsp3) is 0.308. The summed E-state index contributed by atoms with van der Waals surface area (Å²) in [6, 6.07) is 4.93. The summed E-state index contributed by atoms with van der Waals surface area (Å²) < 4.78 is 26.1. The highest BCUT2D eigenvalue weighted by Crippen LogP contribution is 2.11. The van der Waals surface area contributed by atoms with Crippen LogP contribution in [-0.2, 0) is 14.8 Å². The molecule has 1 rings (SSSR count). The van der Waals surface area contributed by atoms with Crippen molar-refractivity contribution in [1.29, 1.82) is 0 Å². The number of terminal acetylenes is 1. The Kier molecular flexibility index (Phi) is 5.10. The van der Waals surface area contributed by atoms with Crippen molar-refractivity contribution in [3.05, 3.63) is 29.8 Å². The summed E-state index contributed by atoms with van der Waals surface area (Å²) in [6.07, 6.45) is 5.29. The third-order valence-electron chi connectivity index (χ3n) is 2.50. The molecule has 102 valence electrons. The van der Waals surface area contributed by atoms with Gasteiger partial charge in [-0.25, -0.2) is 8.42 Å². The molecule has 1 aromatic rings. The van der Waals surface area contributed by atoms with Crippen molar-refractivity contribution in [3.63, 3.8) is 0 Å². The summed E-state index contributed by atoms with van der Waals surface area (Å²) in [4.78, 5) is 11.0. The fourth-order valence-electron chi connectivity index (χ4n) is 1.43. The molecule has 0 saturated carbocycles. The first-order valence-electron chi connectivity index (χ1n) is 5.62. The molecule has 0 aliphatic heterocycles. The summed E-state index contributed by atoms with van der Waals surface area (Å²) in [6.45, 7) is 1.83. The lowest BCUT2D eigenvalue weighted by molar-refractivity contribution is -0.139. The van der Waals surface area contributed by atoms with E-state index >= 15 is 0 Å². The third-order valence-corrected chi connectivity index (χ3v) is 3.99. The number of hydrogen-bond donors (Lipinski definition) is 2. The van der Waals surface area contributed by atoms with E-state index in [1.165, 1.54) is 12.1 Å². The van der Waals surface area contributed by atoms with Crippen LogP contribution in [0.3, 0.4) is 0 Å². The first kappa shape index (κ1) is 15.2. The Labute approximate surface area is 112 Å². The van der Waals surface area contributed by atoms with Gasteiger partial charge in [0.05, 0.1) is 4.90 Å². The Morgan fingerprint density at radius 1 is 1.42 bits per heavy atom. The quantitative estimate of drug-likeness (QED) is 0.766. The van der Waals surface area contributed by atoms with Gasteiger partial charge in [0.2, 0.25) is 10.0 Å². The van der Waals surface area contributed by atoms with Gasteiger partial charge < -0.3 is 5.11 Å². The molecule has 19 heavy (non-hydrogen) atoms. The van der Waals surface area contributed by atoms with E-state index in [4.69, 9.17) is 11.5 Å². The number of nitrogens with one attached hydrogen (secondary N) is 1. The van der Waals surface area contributed by atoms with Crippen LogP contribution in [0, 0.1) is 19.3 Å². The average Bonchev–Trinajstić information content (AvgIpc) is 2.34. The highest BCUT2D eigenvalue weighted by atomic mass is 32.2. The highest BCUT2D eigenvalue weighted by molar-refractivity contribution is 7.89. The second-order valence-corrected chi connectivity index (χ2v) is 5.78. The van der Waals surface area contributed by atoms with Crippen molar-refractivity contribution >= 4 is 16.0 Å². The van der Waals surface area contributed by atoms with Crippen LogP contribution in [-0.4, -0.2) is 25.5 Å². The second kappa shape index (κ2) is 6.36. The maximum Gasteiger partial charge on any atom is 0.321 e. The van der Waals surface area contributed by atoms with E-state index in [0.717, 1.165) is 5.56 Å². The topological polar surface area (TPSA) is 83.5 Å². The molecule has 1 aromatic carbocycles. The molecule has 0 spiro atoms. The largest absolute Gasteiger partial charge is 0.480 e. The van der Waals surface area contributed by atoms with Gasteiger partial charge in [-0.1, -0.05) is 17.7 Å². The van der Waals surface area contributed by atoms with Gasteiger partial charge in [0, 0.05) is 6.42 Å². The van der Waals surface area contributed by atoms with Gasteiger partial charge in [-0.2, -0.15) is 4.72 Å². The molecule has 5 nitrogen and oxygen atoms in total. The molecule has 0 saturated heterocycles. The smallest absolute Gasteiger partial charge is 0.321 e. The molecule has 1 atom stereocenters. The Morgan fingerprint density at radius 3 is 2.47 bits per heavy atom. The molecule has 0 radical (unpaired) electrons. The number of sulfonamides is 1. The van der Waals surface area contributed by atoms with E-state index in [2.05, 4.69) is 10.6 Å². The zero-order valence-corrected chi connectivity index (χ0v) is 11.3. The number of benzene rings is 1. The molecule has 0 fully saturated rings. The van der Waals surface area contributed by atoms with Crippen LogP contribution in [0.4, 0.5) is 0 Å². The first-order valence-corrected chi connectivity index (χ1v) is 7.10. The molecule has 6 heteroatoms. The number of carbonyl (C=O) groups is 1. The predicted molar refractivity (Wildman–Crippen MR) is 71.0 cm³/mol. The lowest BCUT2D eigenvalue weighted by Crippen LogP contribution is -2.40. The maximum absolute atomic E-state index is 12.0. The minimum absolute atomic E-state index is 0.0325. The Hall–Kier alpha value is -1.84. The van der Waals surface area contributed by atoms with Crippen molar-refractivity contribution < 1.29 is 18.3 Å². The van der Waals surface area contributed by atoms with Crippen LogP contribution in [0.5, 0.6) is 0 Å². The van der Waals surface area contributed by atoms with Crippen molar-refractivity contribution in [2.24, 2.45) is 0 Å². The van der Waals surface area contributed by atoms with Gasteiger partial charge in [-0.05, 0) is 25.5 Å². The first-order chi connectivity index (χ1) is 8.86. The van der Waals surface area contributed by atoms with Crippen molar-refractivity contribution in [1.82, 2.24) is 4.72 Å². The molecule has 0 aromatic heterocycles. The Bertz CT molecular complexity index is 584. The molecular formula is C13H15NO4S. The molecule has 0 aliphatic rings. The van der Waals surface area contributed by atoms with Gasteiger partial charge in [0.15, 0.2) is 0 Å². The lowest BCUT2D eigenvalue weighted by Gasteiger charge is -2.13. The molecule has 2 N–H and O–H groups in total. The van der Waals surface area contributed by atoms with Gasteiger partial charge >= 0.3 is 5.97 Å².